The summed E-state index contributed by atoms with van der Waals surface area (Å²) < 4.78 is 13.1. The summed E-state index contributed by atoms with van der Waals surface area (Å²) in [5.74, 6) is -0.852. The molecule has 102 valence electrons. The molecule has 1 rings (SSSR count). The van der Waals surface area contributed by atoms with Crippen LogP contribution in [0.3, 0.4) is 0 Å². The summed E-state index contributed by atoms with van der Waals surface area (Å²) in [6.45, 7) is 9.03. The molecular weight excluding hydrogens is 231 g/mol. The lowest BCUT2D eigenvalue weighted by molar-refractivity contribution is 0.287. The van der Waals surface area contributed by atoms with Crippen LogP contribution in [0.4, 0.5) is 4.39 Å². The first-order valence-electron chi connectivity index (χ1n) is 6.57. The van der Waals surface area contributed by atoms with E-state index in [4.69, 9.17) is 5.11 Å². The van der Waals surface area contributed by atoms with Crippen LogP contribution >= 0.6 is 0 Å². The Morgan fingerprint density at radius 2 is 2.06 bits per heavy atom. The number of hydrogen-bond acceptors (Lipinski definition) is 3. The van der Waals surface area contributed by atoms with E-state index in [9.17, 15) is 4.39 Å². The van der Waals surface area contributed by atoms with Crippen LogP contribution in [0.5, 0.6) is 5.75 Å². The van der Waals surface area contributed by atoms with Crippen LogP contribution in [0, 0.1) is 5.82 Å². The van der Waals surface area contributed by atoms with E-state index >= 15 is 0 Å². The molecule has 0 unspecified atom stereocenters. The molecule has 0 aliphatic heterocycles. The number of phenols is 1. The van der Waals surface area contributed by atoms with Crippen molar-refractivity contribution in [3.8, 4) is 5.75 Å². The summed E-state index contributed by atoms with van der Waals surface area (Å²) >= 11 is 0. The molecule has 0 bridgehead atoms. The number of halogens is 1. The molecule has 0 radical (unpaired) electrons. The Labute approximate surface area is 109 Å². The van der Waals surface area contributed by atoms with E-state index in [2.05, 4.69) is 24.1 Å². The molecule has 3 nitrogen and oxygen atoms in total. The van der Waals surface area contributed by atoms with Gasteiger partial charge in [0.25, 0.3) is 0 Å². The minimum atomic E-state index is -0.560. The Morgan fingerprint density at radius 1 is 1.28 bits per heavy atom. The largest absolute Gasteiger partial charge is 0.505 e. The van der Waals surface area contributed by atoms with Crippen molar-refractivity contribution in [1.29, 1.82) is 0 Å². The molecule has 0 aliphatic carbocycles. The van der Waals surface area contributed by atoms with Gasteiger partial charge in [0.15, 0.2) is 11.6 Å². The van der Waals surface area contributed by atoms with Gasteiger partial charge in [0, 0.05) is 19.6 Å². The van der Waals surface area contributed by atoms with Gasteiger partial charge in [0.1, 0.15) is 0 Å². The second kappa shape index (κ2) is 8.06. The molecule has 0 saturated carbocycles. The summed E-state index contributed by atoms with van der Waals surface area (Å²) in [4.78, 5) is 2.38. The van der Waals surface area contributed by atoms with E-state index in [0.717, 1.165) is 38.2 Å². The van der Waals surface area contributed by atoms with Crippen LogP contribution in [0.25, 0.3) is 0 Å². The van der Waals surface area contributed by atoms with Crippen molar-refractivity contribution in [2.24, 2.45) is 0 Å². The minimum absolute atomic E-state index is 0.293. The number of benzene rings is 1. The molecule has 0 saturated heterocycles. The van der Waals surface area contributed by atoms with Crippen molar-refractivity contribution in [1.82, 2.24) is 10.2 Å². The fourth-order valence-corrected chi connectivity index (χ4v) is 1.87. The van der Waals surface area contributed by atoms with Gasteiger partial charge >= 0.3 is 0 Å². The molecule has 1 aromatic rings. The van der Waals surface area contributed by atoms with Gasteiger partial charge in [-0.2, -0.15) is 0 Å². The maximum absolute atomic E-state index is 13.1. The van der Waals surface area contributed by atoms with Gasteiger partial charge in [-0.25, -0.2) is 4.39 Å². The molecule has 0 aliphatic rings. The summed E-state index contributed by atoms with van der Waals surface area (Å²) in [7, 11) is 0. The third-order valence-electron chi connectivity index (χ3n) is 2.93. The molecule has 0 amide bonds. The Kier molecular flexibility index (Phi) is 6.68. The molecule has 2 N–H and O–H groups in total. The van der Waals surface area contributed by atoms with Gasteiger partial charge in [-0.3, -0.25) is 0 Å². The van der Waals surface area contributed by atoms with Crippen LogP contribution in [0.15, 0.2) is 18.2 Å². The average molecular weight is 254 g/mol. The molecule has 0 fully saturated rings. The number of phenolic OH excluding ortho intramolecular Hbond substituents is 1. The summed E-state index contributed by atoms with van der Waals surface area (Å²) in [5.41, 5.74) is 0.851. The molecule has 0 aromatic heterocycles. The lowest BCUT2D eigenvalue weighted by atomic mass is 10.2. The van der Waals surface area contributed by atoms with E-state index in [1.54, 1.807) is 6.07 Å². The van der Waals surface area contributed by atoms with Crippen LogP contribution in [-0.4, -0.2) is 36.2 Å². The van der Waals surface area contributed by atoms with E-state index < -0.39 is 5.82 Å². The molecule has 0 spiro atoms. The third-order valence-corrected chi connectivity index (χ3v) is 2.93. The highest BCUT2D eigenvalue weighted by Gasteiger charge is 2.02. The molecular formula is C14H23FN2O. The van der Waals surface area contributed by atoms with Crippen LogP contribution < -0.4 is 5.32 Å². The van der Waals surface area contributed by atoms with Crippen molar-refractivity contribution in [3.63, 3.8) is 0 Å². The average Bonchev–Trinajstić information content (AvgIpc) is 2.37. The van der Waals surface area contributed by atoms with Gasteiger partial charge < -0.3 is 15.3 Å². The molecule has 18 heavy (non-hydrogen) atoms. The number of nitrogens with zero attached hydrogens (tertiary/aromatic N) is 1. The van der Waals surface area contributed by atoms with E-state index in [-0.39, 0.29) is 5.75 Å². The summed E-state index contributed by atoms with van der Waals surface area (Å²) in [6, 6.07) is 4.49. The highest BCUT2D eigenvalue weighted by Crippen LogP contribution is 2.15. The lowest BCUT2D eigenvalue weighted by Crippen LogP contribution is -2.32. The molecule has 1 aromatic carbocycles. The summed E-state index contributed by atoms with van der Waals surface area (Å²) in [5, 5.41) is 12.4. The van der Waals surface area contributed by atoms with Gasteiger partial charge in [-0.1, -0.05) is 19.9 Å². The zero-order valence-electron chi connectivity index (χ0n) is 11.2. The molecule has 4 heteroatoms. The highest BCUT2D eigenvalue weighted by atomic mass is 19.1. The Hall–Kier alpha value is -1.13. The number of rotatable bonds is 8. The Bertz CT molecular complexity index is 358. The first kappa shape index (κ1) is 14.9. The Balaban J connectivity index is 2.26. The normalized spacial score (nSPS) is 11.1. The van der Waals surface area contributed by atoms with Crippen LogP contribution in [0.2, 0.25) is 0 Å². The topological polar surface area (TPSA) is 35.5 Å². The maximum atomic E-state index is 13.1. The highest BCUT2D eigenvalue weighted by molar-refractivity contribution is 5.27. The predicted octanol–water partition coefficient (Wildman–Crippen LogP) is 2.35. The van der Waals surface area contributed by atoms with Crippen LogP contribution in [0.1, 0.15) is 25.8 Å². The van der Waals surface area contributed by atoms with Crippen molar-refractivity contribution in [3.05, 3.63) is 29.6 Å². The van der Waals surface area contributed by atoms with Crippen molar-refractivity contribution >= 4 is 0 Å². The van der Waals surface area contributed by atoms with Gasteiger partial charge in [0.05, 0.1) is 0 Å². The smallest absolute Gasteiger partial charge is 0.165 e. The second-order valence-corrected chi connectivity index (χ2v) is 4.40. The van der Waals surface area contributed by atoms with Gasteiger partial charge in [-0.15, -0.1) is 0 Å². The summed E-state index contributed by atoms with van der Waals surface area (Å²) in [6.07, 6.45) is 1.16. The number of likely N-dealkylation sites (N-methyl/N-ethyl adjacent to an activating group) is 1. The van der Waals surface area contributed by atoms with E-state index in [1.807, 2.05) is 0 Å². The fraction of sp³-hybridized carbons (Fsp3) is 0.571. The number of nitrogens with one attached hydrogen (secondary N) is 1. The zero-order chi connectivity index (χ0) is 13.4. The van der Waals surface area contributed by atoms with Crippen molar-refractivity contribution in [2.45, 2.75) is 26.8 Å². The number of hydrogen-bond donors (Lipinski definition) is 2. The van der Waals surface area contributed by atoms with E-state index in [0.29, 0.717) is 6.54 Å². The van der Waals surface area contributed by atoms with Crippen molar-refractivity contribution in [2.75, 3.05) is 26.2 Å². The molecule has 0 heterocycles. The second-order valence-electron chi connectivity index (χ2n) is 4.40. The van der Waals surface area contributed by atoms with Gasteiger partial charge in [-0.05, 0) is 37.2 Å². The predicted molar refractivity (Wildman–Crippen MR) is 72.2 cm³/mol. The standard InChI is InChI=1S/C14H23FN2O/c1-3-8-17(4-2)9-7-16-11-12-5-6-14(18)13(15)10-12/h5-6,10,16,18H,3-4,7-9,11H2,1-2H3. The number of aromatic hydroxyl groups is 1. The fourth-order valence-electron chi connectivity index (χ4n) is 1.87. The first-order valence-corrected chi connectivity index (χ1v) is 6.57. The monoisotopic (exact) mass is 254 g/mol. The SMILES string of the molecule is CCCN(CC)CCNCc1ccc(O)c(F)c1. The quantitative estimate of drug-likeness (QED) is 0.699. The minimum Gasteiger partial charge on any atom is -0.505 e. The first-order chi connectivity index (χ1) is 8.67. The van der Waals surface area contributed by atoms with Crippen LogP contribution in [-0.2, 0) is 6.54 Å². The van der Waals surface area contributed by atoms with Gasteiger partial charge in [0.2, 0.25) is 0 Å². The van der Waals surface area contributed by atoms with E-state index in [1.165, 1.54) is 12.1 Å². The zero-order valence-corrected chi connectivity index (χ0v) is 11.2. The third kappa shape index (κ3) is 5.02. The maximum Gasteiger partial charge on any atom is 0.165 e. The lowest BCUT2D eigenvalue weighted by Gasteiger charge is -2.19. The van der Waals surface area contributed by atoms with Crippen molar-refractivity contribution < 1.29 is 9.50 Å². The Morgan fingerprint density at radius 3 is 2.67 bits per heavy atom. The molecule has 0 atom stereocenters.